The van der Waals surface area contributed by atoms with Crippen LogP contribution in [0.25, 0.3) is 0 Å². The smallest absolute Gasteiger partial charge is 0.123 e. The summed E-state index contributed by atoms with van der Waals surface area (Å²) in [6.07, 6.45) is 4.57. The lowest BCUT2D eigenvalue weighted by Gasteiger charge is -2.29. The van der Waals surface area contributed by atoms with Gasteiger partial charge >= 0.3 is 0 Å². The van der Waals surface area contributed by atoms with E-state index in [2.05, 4.69) is 6.92 Å². The molecule has 0 radical (unpaired) electrons. The van der Waals surface area contributed by atoms with Gasteiger partial charge in [-0.1, -0.05) is 6.92 Å². The van der Waals surface area contributed by atoms with Crippen molar-refractivity contribution in [3.05, 3.63) is 0 Å². The molecule has 2 nitrogen and oxygen atoms in total. The van der Waals surface area contributed by atoms with Gasteiger partial charge in [0, 0.05) is 13.0 Å². The maximum atomic E-state index is 10.5. The van der Waals surface area contributed by atoms with Crippen LogP contribution in [-0.4, -0.2) is 19.5 Å². The largest absolute Gasteiger partial charge is 0.381 e. The molecule has 0 saturated heterocycles. The van der Waals surface area contributed by atoms with Crippen LogP contribution < -0.4 is 0 Å². The number of hydrogen-bond acceptors (Lipinski definition) is 2. The standard InChI is InChI=1S/C9H16O2/c1-7-5-9(11-2)4-3-8(7)6-10/h6-9H,3-5H2,1-2H3. The second-order valence-electron chi connectivity index (χ2n) is 3.45. The van der Waals surface area contributed by atoms with Crippen molar-refractivity contribution >= 4 is 6.29 Å². The van der Waals surface area contributed by atoms with E-state index in [-0.39, 0.29) is 5.92 Å². The Kier molecular flexibility index (Phi) is 3.06. The van der Waals surface area contributed by atoms with E-state index < -0.39 is 0 Å². The minimum absolute atomic E-state index is 0.279. The minimum atomic E-state index is 0.279. The van der Waals surface area contributed by atoms with E-state index in [9.17, 15) is 4.79 Å². The zero-order chi connectivity index (χ0) is 8.27. The van der Waals surface area contributed by atoms with Crippen LogP contribution in [0.5, 0.6) is 0 Å². The third kappa shape index (κ3) is 2.03. The maximum absolute atomic E-state index is 10.5. The molecule has 0 heterocycles. The van der Waals surface area contributed by atoms with E-state index >= 15 is 0 Å². The Morgan fingerprint density at radius 2 is 2.18 bits per heavy atom. The predicted octanol–water partition coefficient (Wildman–Crippen LogP) is 1.64. The Balaban J connectivity index is 2.40. The topological polar surface area (TPSA) is 26.3 Å². The molecule has 2 heteroatoms. The second kappa shape index (κ2) is 3.86. The van der Waals surface area contributed by atoms with Crippen LogP contribution in [0.3, 0.4) is 0 Å². The van der Waals surface area contributed by atoms with Gasteiger partial charge in [0.25, 0.3) is 0 Å². The fourth-order valence-electron chi connectivity index (χ4n) is 1.79. The highest BCUT2D eigenvalue weighted by atomic mass is 16.5. The first kappa shape index (κ1) is 8.72. The molecule has 1 saturated carbocycles. The van der Waals surface area contributed by atoms with Crippen molar-refractivity contribution in [3.8, 4) is 0 Å². The highest BCUT2D eigenvalue weighted by Gasteiger charge is 2.26. The van der Waals surface area contributed by atoms with Gasteiger partial charge in [-0.25, -0.2) is 0 Å². The Labute approximate surface area is 67.9 Å². The predicted molar refractivity (Wildman–Crippen MR) is 43.4 cm³/mol. The van der Waals surface area contributed by atoms with Crippen LogP contribution in [0, 0.1) is 11.8 Å². The van der Waals surface area contributed by atoms with Gasteiger partial charge in [-0.15, -0.1) is 0 Å². The molecule has 0 aromatic carbocycles. The zero-order valence-corrected chi connectivity index (χ0v) is 7.25. The van der Waals surface area contributed by atoms with E-state index in [1.54, 1.807) is 7.11 Å². The SMILES string of the molecule is COC1CCC(C=O)C(C)C1. The molecule has 1 rings (SSSR count). The normalized spacial score (nSPS) is 38.5. The number of carbonyl (C=O) groups excluding carboxylic acids is 1. The van der Waals surface area contributed by atoms with Crippen LogP contribution >= 0.6 is 0 Å². The molecule has 0 bridgehead atoms. The molecule has 0 amide bonds. The van der Waals surface area contributed by atoms with Crippen LogP contribution in [0.4, 0.5) is 0 Å². The Morgan fingerprint density at radius 3 is 2.64 bits per heavy atom. The van der Waals surface area contributed by atoms with Crippen molar-refractivity contribution in [1.82, 2.24) is 0 Å². The van der Waals surface area contributed by atoms with Crippen molar-refractivity contribution in [1.29, 1.82) is 0 Å². The van der Waals surface area contributed by atoms with Crippen molar-refractivity contribution in [2.24, 2.45) is 11.8 Å². The first-order valence-electron chi connectivity index (χ1n) is 4.26. The molecule has 1 aliphatic rings. The van der Waals surface area contributed by atoms with E-state index in [0.717, 1.165) is 25.5 Å². The summed E-state index contributed by atoms with van der Waals surface area (Å²) < 4.78 is 5.24. The number of methoxy groups -OCH3 is 1. The molecular formula is C9H16O2. The first-order valence-corrected chi connectivity index (χ1v) is 4.26. The van der Waals surface area contributed by atoms with Gasteiger partial charge in [-0.2, -0.15) is 0 Å². The second-order valence-corrected chi connectivity index (χ2v) is 3.45. The molecule has 3 unspecified atom stereocenters. The molecule has 11 heavy (non-hydrogen) atoms. The number of ether oxygens (including phenoxy) is 1. The summed E-state index contributed by atoms with van der Waals surface area (Å²) in [5, 5.41) is 0. The van der Waals surface area contributed by atoms with Crippen molar-refractivity contribution in [2.75, 3.05) is 7.11 Å². The summed E-state index contributed by atoms with van der Waals surface area (Å²) in [6, 6.07) is 0. The average Bonchev–Trinajstić information content (AvgIpc) is 2.04. The lowest BCUT2D eigenvalue weighted by Crippen LogP contribution is -2.27. The quantitative estimate of drug-likeness (QED) is 0.568. The number of rotatable bonds is 2. The average molecular weight is 156 g/mol. The molecule has 0 N–H and O–H groups in total. The van der Waals surface area contributed by atoms with Crippen molar-refractivity contribution in [2.45, 2.75) is 32.3 Å². The molecule has 0 aromatic rings. The third-order valence-corrected chi connectivity index (χ3v) is 2.70. The van der Waals surface area contributed by atoms with Gasteiger partial charge in [0.15, 0.2) is 0 Å². The summed E-state index contributed by atoms with van der Waals surface area (Å²) in [4.78, 5) is 10.5. The van der Waals surface area contributed by atoms with Crippen molar-refractivity contribution in [3.63, 3.8) is 0 Å². The fourth-order valence-corrected chi connectivity index (χ4v) is 1.79. The van der Waals surface area contributed by atoms with Crippen LogP contribution in [0.1, 0.15) is 26.2 Å². The van der Waals surface area contributed by atoms with E-state index in [1.807, 2.05) is 0 Å². The third-order valence-electron chi connectivity index (χ3n) is 2.70. The Hall–Kier alpha value is -0.370. The van der Waals surface area contributed by atoms with E-state index in [0.29, 0.717) is 12.0 Å². The molecule has 0 aromatic heterocycles. The summed E-state index contributed by atoms with van der Waals surface area (Å²) in [6.45, 7) is 2.13. The van der Waals surface area contributed by atoms with Crippen molar-refractivity contribution < 1.29 is 9.53 Å². The van der Waals surface area contributed by atoms with E-state index in [1.165, 1.54) is 0 Å². The Morgan fingerprint density at radius 1 is 1.45 bits per heavy atom. The lowest BCUT2D eigenvalue weighted by atomic mass is 9.80. The summed E-state index contributed by atoms with van der Waals surface area (Å²) in [7, 11) is 1.75. The highest BCUT2D eigenvalue weighted by molar-refractivity contribution is 5.54. The van der Waals surface area contributed by atoms with Gasteiger partial charge in [-0.3, -0.25) is 0 Å². The number of hydrogen-bond donors (Lipinski definition) is 0. The molecule has 1 fully saturated rings. The maximum Gasteiger partial charge on any atom is 0.123 e. The summed E-state index contributed by atoms with van der Waals surface area (Å²) >= 11 is 0. The van der Waals surface area contributed by atoms with Gasteiger partial charge in [0.1, 0.15) is 6.29 Å². The molecule has 3 atom stereocenters. The monoisotopic (exact) mass is 156 g/mol. The number of aldehydes is 1. The van der Waals surface area contributed by atoms with Crippen LogP contribution in [0.15, 0.2) is 0 Å². The fraction of sp³-hybridized carbons (Fsp3) is 0.889. The molecule has 1 aliphatic carbocycles. The lowest BCUT2D eigenvalue weighted by molar-refractivity contribution is -0.114. The number of carbonyl (C=O) groups is 1. The van der Waals surface area contributed by atoms with Gasteiger partial charge < -0.3 is 9.53 Å². The molecular weight excluding hydrogens is 140 g/mol. The minimum Gasteiger partial charge on any atom is -0.381 e. The molecule has 0 spiro atoms. The zero-order valence-electron chi connectivity index (χ0n) is 7.25. The first-order chi connectivity index (χ1) is 5.27. The van der Waals surface area contributed by atoms with E-state index in [4.69, 9.17) is 4.74 Å². The molecule has 0 aliphatic heterocycles. The van der Waals surface area contributed by atoms with Crippen LogP contribution in [0.2, 0.25) is 0 Å². The van der Waals surface area contributed by atoms with Crippen LogP contribution in [-0.2, 0) is 9.53 Å². The highest BCUT2D eigenvalue weighted by Crippen LogP contribution is 2.29. The summed E-state index contributed by atoms with van der Waals surface area (Å²) in [5.74, 6) is 0.785. The Bertz CT molecular complexity index is 134. The van der Waals surface area contributed by atoms with Gasteiger partial charge in [0.05, 0.1) is 6.10 Å². The molecule has 64 valence electrons. The van der Waals surface area contributed by atoms with Gasteiger partial charge in [-0.05, 0) is 25.2 Å². The summed E-state index contributed by atoms with van der Waals surface area (Å²) in [5.41, 5.74) is 0. The van der Waals surface area contributed by atoms with Gasteiger partial charge in [0.2, 0.25) is 0 Å².